The van der Waals surface area contributed by atoms with Gasteiger partial charge >= 0.3 is 5.97 Å². The second-order valence-electron chi connectivity index (χ2n) is 6.11. The lowest BCUT2D eigenvalue weighted by atomic mass is 9.95. The van der Waals surface area contributed by atoms with Crippen molar-refractivity contribution in [3.8, 4) is 5.75 Å². The molecule has 1 aliphatic heterocycles. The lowest BCUT2D eigenvalue weighted by molar-refractivity contribution is -0.153. The highest BCUT2D eigenvalue weighted by Crippen LogP contribution is 2.22. The second kappa shape index (κ2) is 7.46. The van der Waals surface area contributed by atoms with Crippen molar-refractivity contribution in [2.75, 3.05) is 27.7 Å². The molecule has 0 unspecified atom stereocenters. The standard InChI is InChI=1S/C17H24N2O4/c1-18(2)13-8-9-19(15(11-13)17(21)22)16(20)10-12-4-6-14(23-3)7-5-12/h4-7,13,15H,8-11H2,1-3H3,(H,21,22)/t13-,15+/m0/s1. The molecular formula is C17H24N2O4. The Morgan fingerprint density at radius 1 is 1.30 bits per heavy atom. The third-order valence-corrected chi connectivity index (χ3v) is 4.42. The number of hydrogen-bond donors (Lipinski definition) is 1. The lowest BCUT2D eigenvalue weighted by Gasteiger charge is -2.39. The molecule has 0 saturated carbocycles. The van der Waals surface area contributed by atoms with E-state index in [0.717, 1.165) is 17.7 Å². The summed E-state index contributed by atoms with van der Waals surface area (Å²) < 4.78 is 5.10. The summed E-state index contributed by atoms with van der Waals surface area (Å²) in [6.45, 7) is 0.481. The summed E-state index contributed by atoms with van der Waals surface area (Å²) in [7, 11) is 5.48. The molecule has 6 nitrogen and oxygen atoms in total. The van der Waals surface area contributed by atoms with Gasteiger partial charge in [0.1, 0.15) is 11.8 Å². The summed E-state index contributed by atoms with van der Waals surface area (Å²) in [6.07, 6.45) is 1.47. The van der Waals surface area contributed by atoms with E-state index < -0.39 is 12.0 Å². The molecule has 126 valence electrons. The zero-order chi connectivity index (χ0) is 17.0. The smallest absolute Gasteiger partial charge is 0.326 e. The van der Waals surface area contributed by atoms with Crippen molar-refractivity contribution in [2.24, 2.45) is 0 Å². The highest BCUT2D eigenvalue weighted by molar-refractivity contribution is 5.85. The Hall–Kier alpha value is -2.08. The Labute approximate surface area is 136 Å². The first kappa shape index (κ1) is 17.3. The van der Waals surface area contributed by atoms with Crippen LogP contribution in [0, 0.1) is 0 Å². The van der Waals surface area contributed by atoms with Crippen molar-refractivity contribution in [3.05, 3.63) is 29.8 Å². The molecule has 1 heterocycles. The Morgan fingerprint density at radius 3 is 2.48 bits per heavy atom. The maximum Gasteiger partial charge on any atom is 0.326 e. The lowest BCUT2D eigenvalue weighted by Crippen LogP contribution is -2.54. The van der Waals surface area contributed by atoms with Crippen LogP contribution in [0.2, 0.25) is 0 Å². The normalized spacial score (nSPS) is 21.3. The van der Waals surface area contributed by atoms with Crippen LogP contribution in [0.15, 0.2) is 24.3 Å². The zero-order valence-electron chi connectivity index (χ0n) is 13.9. The number of carboxylic acid groups (broad SMARTS) is 1. The minimum Gasteiger partial charge on any atom is -0.497 e. The number of benzene rings is 1. The van der Waals surface area contributed by atoms with Crippen LogP contribution in [0.3, 0.4) is 0 Å². The van der Waals surface area contributed by atoms with Crippen molar-refractivity contribution >= 4 is 11.9 Å². The molecule has 1 saturated heterocycles. The fourth-order valence-electron chi connectivity index (χ4n) is 2.97. The molecule has 0 spiro atoms. The molecule has 0 aliphatic carbocycles. The van der Waals surface area contributed by atoms with Gasteiger partial charge in [-0.15, -0.1) is 0 Å². The second-order valence-corrected chi connectivity index (χ2v) is 6.11. The molecule has 0 radical (unpaired) electrons. The Balaban J connectivity index is 2.05. The van der Waals surface area contributed by atoms with Crippen LogP contribution >= 0.6 is 0 Å². The molecule has 1 N–H and O–H groups in total. The topological polar surface area (TPSA) is 70.1 Å². The fraction of sp³-hybridized carbons (Fsp3) is 0.529. The van der Waals surface area contributed by atoms with Crippen LogP contribution < -0.4 is 4.74 Å². The van der Waals surface area contributed by atoms with Gasteiger partial charge in [0.05, 0.1) is 13.5 Å². The maximum atomic E-state index is 12.5. The number of hydrogen-bond acceptors (Lipinski definition) is 4. The Bertz CT molecular complexity index is 556. The first-order chi connectivity index (χ1) is 10.9. The summed E-state index contributed by atoms with van der Waals surface area (Å²) in [4.78, 5) is 27.6. The van der Waals surface area contributed by atoms with E-state index in [1.807, 2.05) is 31.1 Å². The van der Waals surface area contributed by atoms with Crippen LogP contribution in [0.25, 0.3) is 0 Å². The third kappa shape index (κ3) is 4.22. The maximum absolute atomic E-state index is 12.5. The number of carboxylic acids is 1. The van der Waals surface area contributed by atoms with Gasteiger partial charge in [0.25, 0.3) is 0 Å². The number of carbonyl (C=O) groups is 2. The first-order valence-corrected chi connectivity index (χ1v) is 7.74. The number of nitrogens with zero attached hydrogens (tertiary/aromatic N) is 2. The summed E-state index contributed by atoms with van der Waals surface area (Å²) in [5, 5.41) is 9.46. The molecule has 23 heavy (non-hydrogen) atoms. The number of piperidine rings is 1. The SMILES string of the molecule is COc1ccc(CC(=O)N2CC[C@H](N(C)C)C[C@@H]2C(=O)O)cc1. The average Bonchev–Trinajstić information content (AvgIpc) is 2.54. The van der Waals surface area contributed by atoms with Crippen molar-refractivity contribution in [1.29, 1.82) is 0 Å². The van der Waals surface area contributed by atoms with Gasteiger partial charge in [0.2, 0.25) is 5.91 Å². The van der Waals surface area contributed by atoms with Gasteiger partial charge in [-0.1, -0.05) is 12.1 Å². The van der Waals surface area contributed by atoms with Gasteiger partial charge in [0.15, 0.2) is 0 Å². The Kier molecular flexibility index (Phi) is 5.60. The van der Waals surface area contributed by atoms with Gasteiger partial charge < -0.3 is 19.6 Å². The third-order valence-electron chi connectivity index (χ3n) is 4.42. The van der Waals surface area contributed by atoms with Crippen molar-refractivity contribution < 1.29 is 19.4 Å². The number of carbonyl (C=O) groups excluding carboxylic acids is 1. The van der Waals surface area contributed by atoms with Gasteiger partial charge in [-0.3, -0.25) is 4.79 Å². The number of ether oxygens (including phenoxy) is 1. The van der Waals surface area contributed by atoms with Crippen LogP contribution in [0.1, 0.15) is 18.4 Å². The van der Waals surface area contributed by atoms with E-state index in [-0.39, 0.29) is 18.4 Å². The molecule has 1 aromatic carbocycles. The highest BCUT2D eigenvalue weighted by Gasteiger charge is 2.36. The van der Waals surface area contributed by atoms with Gasteiger partial charge in [-0.05, 0) is 44.6 Å². The minimum atomic E-state index is -0.931. The highest BCUT2D eigenvalue weighted by atomic mass is 16.5. The predicted molar refractivity (Wildman–Crippen MR) is 86.5 cm³/mol. The zero-order valence-corrected chi connectivity index (χ0v) is 13.9. The summed E-state index contributed by atoms with van der Waals surface area (Å²) in [5.41, 5.74) is 0.856. The Morgan fingerprint density at radius 2 is 1.96 bits per heavy atom. The van der Waals surface area contributed by atoms with Gasteiger partial charge in [0, 0.05) is 12.6 Å². The average molecular weight is 320 g/mol. The van der Waals surface area contributed by atoms with Crippen LogP contribution in [-0.2, 0) is 16.0 Å². The minimum absolute atomic E-state index is 0.139. The summed E-state index contributed by atoms with van der Waals surface area (Å²) >= 11 is 0. The first-order valence-electron chi connectivity index (χ1n) is 7.74. The van der Waals surface area contributed by atoms with E-state index in [2.05, 4.69) is 0 Å². The number of methoxy groups -OCH3 is 1. The van der Waals surface area contributed by atoms with Crippen LogP contribution in [0.4, 0.5) is 0 Å². The van der Waals surface area contributed by atoms with E-state index in [1.54, 1.807) is 19.2 Å². The number of rotatable bonds is 5. The number of aliphatic carboxylic acids is 1. The van der Waals surface area contributed by atoms with Gasteiger partial charge in [-0.2, -0.15) is 0 Å². The number of amides is 1. The predicted octanol–water partition coefficient (Wildman–Crippen LogP) is 1.24. The molecule has 1 aromatic rings. The quantitative estimate of drug-likeness (QED) is 0.884. The van der Waals surface area contributed by atoms with Crippen LogP contribution in [0.5, 0.6) is 5.75 Å². The van der Waals surface area contributed by atoms with E-state index >= 15 is 0 Å². The monoisotopic (exact) mass is 320 g/mol. The van der Waals surface area contributed by atoms with Gasteiger partial charge in [-0.25, -0.2) is 4.79 Å². The molecular weight excluding hydrogens is 296 g/mol. The molecule has 1 fully saturated rings. The molecule has 0 aromatic heterocycles. The molecule has 0 bridgehead atoms. The molecule has 1 amide bonds. The molecule has 1 aliphatic rings. The summed E-state index contributed by atoms with van der Waals surface area (Å²) in [6, 6.07) is 6.71. The number of likely N-dealkylation sites (tertiary alicyclic amines) is 1. The van der Waals surface area contributed by atoms with E-state index in [1.165, 1.54) is 4.90 Å². The molecule has 2 atom stereocenters. The van der Waals surface area contributed by atoms with E-state index in [9.17, 15) is 14.7 Å². The van der Waals surface area contributed by atoms with Crippen molar-refractivity contribution in [2.45, 2.75) is 31.3 Å². The van der Waals surface area contributed by atoms with Crippen LogP contribution in [-0.4, -0.2) is 66.6 Å². The fourth-order valence-corrected chi connectivity index (χ4v) is 2.97. The van der Waals surface area contributed by atoms with E-state index in [4.69, 9.17) is 4.74 Å². The van der Waals surface area contributed by atoms with Crippen molar-refractivity contribution in [1.82, 2.24) is 9.80 Å². The molecule has 2 rings (SSSR count). The van der Waals surface area contributed by atoms with E-state index in [0.29, 0.717) is 13.0 Å². The summed E-state index contributed by atoms with van der Waals surface area (Å²) in [5.74, 6) is -0.337. The molecule has 6 heteroatoms. The van der Waals surface area contributed by atoms with Crippen molar-refractivity contribution in [3.63, 3.8) is 0 Å². The largest absolute Gasteiger partial charge is 0.497 e.